The second-order valence-electron chi connectivity index (χ2n) is 6.37. The monoisotopic (exact) mass is 466 g/mol. The summed E-state index contributed by atoms with van der Waals surface area (Å²) in [7, 11) is 0. The molecule has 1 amide bonds. The Bertz CT molecular complexity index is 1240. The van der Waals surface area contributed by atoms with E-state index in [1.165, 1.54) is 0 Å². The lowest BCUT2D eigenvalue weighted by atomic mass is 10.1. The van der Waals surface area contributed by atoms with Gasteiger partial charge < -0.3 is 9.73 Å². The molecule has 0 bridgehead atoms. The predicted molar refractivity (Wildman–Crippen MR) is 120 cm³/mol. The number of nitrogens with zero attached hydrogens (tertiary/aromatic N) is 2. The number of pyridine rings is 1. The van der Waals surface area contributed by atoms with Gasteiger partial charge in [0.05, 0.1) is 5.56 Å². The van der Waals surface area contributed by atoms with Gasteiger partial charge in [-0.2, -0.15) is 0 Å². The number of benzene rings is 2. The van der Waals surface area contributed by atoms with Crippen molar-refractivity contribution in [2.75, 3.05) is 5.32 Å². The van der Waals surface area contributed by atoms with E-state index in [0.717, 1.165) is 15.6 Å². The van der Waals surface area contributed by atoms with E-state index in [1.807, 2.05) is 31.2 Å². The predicted octanol–water partition coefficient (Wildman–Crippen LogP) is 5.09. The number of carbonyl (C=O) groups excluding carboxylic acids is 1. The third-order valence-corrected chi connectivity index (χ3v) is 4.74. The zero-order valence-corrected chi connectivity index (χ0v) is 17.7. The standard InChI is InChI=1S/C21H15BrN4O2S/c1-12-3-2-4-13(7-12)19(27)26-21(29)24-16-5-6-18-17(9-16)25-20(28-18)14-8-15(22)11-23-10-14/h2-11H,1H3,(H2,24,26,27,29). The molecular formula is C21H15BrN4O2S. The molecule has 0 radical (unpaired) electrons. The number of amides is 1. The smallest absolute Gasteiger partial charge is 0.257 e. The van der Waals surface area contributed by atoms with Gasteiger partial charge in [-0.15, -0.1) is 0 Å². The number of thiocarbonyl (C=S) groups is 1. The quantitative estimate of drug-likeness (QED) is 0.409. The molecule has 0 aliphatic rings. The number of hydrogen-bond acceptors (Lipinski definition) is 5. The minimum atomic E-state index is -0.266. The van der Waals surface area contributed by atoms with Crippen molar-refractivity contribution < 1.29 is 9.21 Å². The molecule has 144 valence electrons. The molecule has 4 aromatic rings. The van der Waals surface area contributed by atoms with Crippen LogP contribution in [0.25, 0.3) is 22.6 Å². The number of hydrogen-bond donors (Lipinski definition) is 2. The average molecular weight is 467 g/mol. The van der Waals surface area contributed by atoms with Gasteiger partial charge in [-0.05, 0) is 71.5 Å². The lowest BCUT2D eigenvalue weighted by Gasteiger charge is -2.09. The summed E-state index contributed by atoms with van der Waals surface area (Å²) in [4.78, 5) is 21.0. The lowest BCUT2D eigenvalue weighted by molar-refractivity contribution is 0.0977. The number of nitrogens with one attached hydrogen (secondary N) is 2. The van der Waals surface area contributed by atoms with E-state index in [1.54, 1.807) is 36.7 Å². The number of fused-ring (bicyclic) bond motifs is 1. The Balaban J connectivity index is 1.49. The van der Waals surface area contributed by atoms with Crippen LogP contribution in [-0.4, -0.2) is 21.0 Å². The van der Waals surface area contributed by atoms with Crippen LogP contribution in [0.2, 0.25) is 0 Å². The molecule has 0 saturated heterocycles. The second kappa shape index (κ2) is 8.10. The fraction of sp³-hybridized carbons (Fsp3) is 0.0476. The van der Waals surface area contributed by atoms with Gasteiger partial charge in [-0.1, -0.05) is 17.7 Å². The second-order valence-corrected chi connectivity index (χ2v) is 7.70. The van der Waals surface area contributed by atoms with Crippen LogP contribution in [0.15, 0.2) is 69.8 Å². The van der Waals surface area contributed by atoms with Crippen molar-refractivity contribution in [3.63, 3.8) is 0 Å². The zero-order chi connectivity index (χ0) is 20.4. The molecule has 6 nitrogen and oxygen atoms in total. The Morgan fingerprint density at radius 1 is 1.14 bits per heavy atom. The summed E-state index contributed by atoms with van der Waals surface area (Å²) in [5, 5.41) is 5.89. The number of aryl methyl sites for hydroxylation is 1. The zero-order valence-electron chi connectivity index (χ0n) is 15.3. The number of aromatic nitrogens is 2. The molecule has 29 heavy (non-hydrogen) atoms. The van der Waals surface area contributed by atoms with E-state index in [4.69, 9.17) is 16.6 Å². The fourth-order valence-corrected chi connectivity index (χ4v) is 3.36. The van der Waals surface area contributed by atoms with Gasteiger partial charge in [0.15, 0.2) is 10.7 Å². The average Bonchev–Trinajstić information content (AvgIpc) is 3.11. The molecular weight excluding hydrogens is 452 g/mol. The molecule has 0 aliphatic carbocycles. The van der Waals surface area contributed by atoms with Crippen LogP contribution >= 0.6 is 28.1 Å². The van der Waals surface area contributed by atoms with E-state index in [0.29, 0.717) is 28.2 Å². The molecule has 2 aromatic heterocycles. The SMILES string of the molecule is Cc1cccc(C(=O)NC(=S)Nc2ccc3oc(-c4cncc(Br)c4)nc3c2)c1. The van der Waals surface area contributed by atoms with E-state index in [9.17, 15) is 4.79 Å². The molecule has 0 spiro atoms. The summed E-state index contributed by atoms with van der Waals surface area (Å²) in [6, 6.07) is 14.6. The molecule has 2 aromatic carbocycles. The third-order valence-electron chi connectivity index (χ3n) is 4.10. The molecule has 0 saturated carbocycles. The summed E-state index contributed by atoms with van der Waals surface area (Å²) >= 11 is 8.66. The van der Waals surface area contributed by atoms with Crippen molar-refractivity contribution in [1.82, 2.24) is 15.3 Å². The highest BCUT2D eigenvalue weighted by Crippen LogP contribution is 2.27. The maximum absolute atomic E-state index is 12.3. The summed E-state index contributed by atoms with van der Waals surface area (Å²) < 4.78 is 6.64. The first kappa shape index (κ1) is 19.2. The first-order chi connectivity index (χ1) is 14.0. The highest BCUT2D eigenvalue weighted by molar-refractivity contribution is 9.10. The van der Waals surface area contributed by atoms with Gasteiger partial charge in [0.1, 0.15) is 5.52 Å². The number of oxazole rings is 1. The van der Waals surface area contributed by atoms with Gasteiger partial charge in [0.2, 0.25) is 5.89 Å². The number of anilines is 1. The third kappa shape index (κ3) is 4.49. The Morgan fingerprint density at radius 2 is 2.00 bits per heavy atom. The minimum Gasteiger partial charge on any atom is -0.436 e. The van der Waals surface area contributed by atoms with Crippen molar-refractivity contribution in [2.45, 2.75) is 6.92 Å². The molecule has 4 rings (SSSR count). The van der Waals surface area contributed by atoms with Crippen molar-refractivity contribution in [1.29, 1.82) is 0 Å². The van der Waals surface area contributed by atoms with Gasteiger partial charge >= 0.3 is 0 Å². The Kier molecular flexibility index (Phi) is 5.37. The van der Waals surface area contributed by atoms with Crippen LogP contribution in [0.5, 0.6) is 0 Å². The highest BCUT2D eigenvalue weighted by Gasteiger charge is 2.11. The molecule has 0 fully saturated rings. The van der Waals surface area contributed by atoms with Crippen molar-refractivity contribution in [3.05, 3.63) is 76.5 Å². The molecule has 2 N–H and O–H groups in total. The van der Waals surface area contributed by atoms with Gasteiger partial charge in [0.25, 0.3) is 5.91 Å². The fourth-order valence-electron chi connectivity index (χ4n) is 2.78. The van der Waals surface area contributed by atoms with E-state index >= 15 is 0 Å². The van der Waals surface area contributed by atoms with Crippen LogP contribution in [0, 0.1) is 6.92 Å². The number of carbonyl (C=O) groups is 1. The van der Waals surface area contributed by atoms with Gasteiger partial charge in [-0.25, -0.2) is 4.98 Å². The van der Waals surface area contributed by atoms with Gasteiger partial charge in [-0.3, -0.25) is 15.1 Å². The first-order valence-electron chi connectivity index (χ1n) is 8.68. The van der Waals surface area contributed by atoms with Crippen LogP contribution in [-0.2, 0) is 0 Å². The Hall–Kier alpha value is -3.10. The molecule has 8 heteroatoms. The van der Waals surface area contributed by atoms with Crippen molar-refractivity contribution in [3.8, 4) is 11.5 Å². The summed E-state index contributed by atoms with van der Waals surface area (Å²) in [6.45, 7) is 1.93. The van der Waals surface area contributed by atoms with E-state index < -0.39 is 0 Å². The highest BCUT2D eigenvalue weighted by atomic mass is 79.9. The van der Waals surface area contributed by atoms with E-state index in [-0.39, 0.29) is 11.0 Å². The summed E-state index contributed by atoms with van der Waals surface area (Å²) in [5.41, 5.74) is 4.32. The molecule has 0 atom stereocenters. The summed E-state index contributed by atoms with van der Waals surface area (Å²) in [6.07, 6.45) is 3.38. The van der Waals surface area contributed by atoms with Crippen molar-refractivity contribution >= 4 is 56.0 Å². The number of rotatable bonds is 3. The van der Waals surface area contributed by atoms with Crippen molar-refractivity contribution in [2.24, 2.45) is 0 Å². The summed E-state index contributed by atoms with van der Waals surface area (Å²) in [5.74, 6) is 0.208. The minimum absolute atomic E-state index is 0.204. The molecule has 2 heterocycles. The first-order valence-corrected chi connectivity index (χ1v) is 9.88. The maximum atomic E-state index is 12.3. The molecule has 0 unspecified atom stereocenters. The largest absolute Gasteiger partial charge is 0.436 e. The van der Waals surface area contributed by atoms with Crippen LogP contribution in [0.4, 0.5) is 5.69 Å². The Labute approximate surface area is 180 Å². The van der Waals surface area contributed by atoms with Gasteiger partial charge in [0, 0.05) is 28.1 Å². The van der Waals surface area contributed by atoms with Crippen LogP contribution in [0.3, 0.4) is 0 Å². The van der Waals surface area contributed by atoms with Crippen LogP contribution < -0.4 is 10.6 Å². The van der Waals surface area contributed by atoms with Crippen LogP contribution in [0.1, 0.15) is 15.9 Å². The topological polar surface area (TPSA) is 80.0 Å². The number of halogens is 1. The van der Waals surface area contributed by atoms with E-state index in [2.05, 4.69) is 36.5 Å². The lowest BCUT2D eigenvalue weighted by Crippen LogP contribution is -2.34. The maximum Gasteiger partial charge on any atom is 0.257 e. The Morgan fingerprint density at radius 3 is 2.79 bits per heavy atom. The normalized spacial score (nSPS) is 10.7. The molecule has 0 aliphatic heterocycles.